The van der Waals surface area contributed by atoms with Gasteiger partial charge in [0.25, 0.3) is 0 Å². The van der Waals surface area contributed by atoms with Gasteiger partial charge in [-0.25, -0.2) is 14.1 Å². The number of benzene rings is 1. The van der Waals surface area contributed by atoms with Gasteiger partial charge in [0.2, 0.25) is 0 Å². The Morgan fingerprint density at radius 3 is 2.48 bits per heavy atom. The first-order chi connectivity index (χ1) is 14.5. The summed E-state index contributed by atoms with van der Waals surface area (Å²) in [5.74, 6) is 0.341. The van der Waals surface area contributed by atoms with Crippen molar-refractivity contribution in [3.05, 3.63) is 60.3 Å². The molecule has 0 aliphatic carbocycles. The van der Waals surface area contributed by atoms with Crippen LogP contribution in [0.25, 0.3) is 11.4 Å². The number of hydrogen-bond acceptors (Lipinski definition) is 6. The lowest BCUT2D eigenvalue weighted by Gasteiger charge is -2.47. The van der Waals surface area contributed by atoms with Crippen molar-refractivity contribution in [2.24, 2.45) is 10.9 Å². The van der Waals surface area contributed by atoms with E-state index >= 15 is 0 Å². The van der Waals surface area contributed by atoms with Gasteiger partial charge in [-0.15, -0.1) is 0 Å². The largest absolute Gasteiger partial charge is 0.507 e. The molecule has 0 saturated carbocycles. The fourth-order valence-corrected chi connectivity index (χ4v) is 4.74. The SMILES string of the molecule is C=C(C1=NC=C(c2cc(F)c(-n3cccn3)cc2O)NN1)C1CC(C)(C)NC(C)(C)C1. The van der Waals surface area contributed by atoms with Gasteiger partial charge >= 0.3 is 0 Å². The fraction of sp³-hybridized carbons (Fsp3) is 0.391. The number of hydrogen-bond donors (Lipinski definition) is 4. The predicted octanol–water partition coefficient (Wildman–Crippen LogP) is 3.63. The molecule has 2 aliphatic heterocycles. The van der Waals surface area contributed by atoms with Crippen LogP contribution < -0.4 is 16.2 Å². The summed E-state index contributed by atoms with van der Waals surface area (Å²) in [5.41, 5.74) is 7.95. The van der Waals surface area contributed by atoms with Crippen LogP contribution in [-0.4, -0.2) is 31.8 Å². The van der Waals surface area contributed by atoms with Crippen LogP contribution in [0.1, 0.15) is 46.1 Å². The van der Waals surface area contributed by atoms with Crippen molar-refractivity contribution in [1.82, 2.24) is 25.9 Å². The summed E-state index contributed by atoms with van der Waals surface area (Å²) in [4.78, 5) is 4.51. The van der Waals surface area contributed by atoms with Crippen molar-refractivity contribution >= 4 is 11.5 Å². The normalized spacial score (nSPS) is 20.3. The highest BCUT2D eigenvalue weighted by molar-refractivity contribution is 6.00. The van der Waals surface area contributed by atoms with Crippen molar-refractivity contribution in [3.8, 4) is 11.4 Å². The van der Waals surface area contributed by atoms with Crippen molar-refractivity contribution < 1.29 is 9.50 Å². The maximum Gasteiger partial charge on any atom is 0.149 e. The number of phenols is 1. The van der Waals surface area contributed by atoms with E-state index in [0.29, 0.717) is 17.1 Å². The number of nitrogens with one attached hydrogen (secondary N) is 3. The summed E-state index contributed by atoms with van der Waals surface area (Å²) in [6.45, 7) is 13.1. The Bertz CT molecular complexity index is 1050. The minimum absolute atomic E-state index is 0.00134. The fourth-order valence-electron chi connectivity index (χ4n) is 4.74. The molecule has 1 aromatic heterocycles. The number of halogens is 1. The van der Waals surface area contributed by atoms with Gasteiger partial charge < -0.3 is 10.4 Å². The maximum atomic E-state index is 14.6. The molecule has 31 heavy (non-hydrogen) atoms. The van der Waals surface area contributed by atoms with Crippen LogP contribution in [0.4, 0.5) is 4.39 Å². The van der Waals surface area contributed by atoms with Crippen LogP contribution >= 0.6 is 0 Å². The van der Waals surface area contributed by atoms with Crippen LogP contribution in [0, 0.1) is 11.7 Å². The van der Waals surface area contributed by atoms with Gasteiger partial charge in [0.15, 0.2) is 0 Å². The molecule has 164 valence electrons. The molecule has 2 aliphatic rings. The Morgan fingerprint density at radius 1 is 1.19 bits per heavy atom. The lowest BCUT2D eigenvalue weighted by Crippen LogP contribution is -2.58. The van der Waals surface area contributed by atoms with Gasteiger partial charge in [-0.2, -0.15) is 5.10 Å². The third-order valence-corrected chi connectivity index (χ3v) is 5.73. The number of piperidine rings is 1. The topological polar surface area (TPSA) is 86.5 Å². The second-order valence-electron chi connectivity index (χ2n) is 9.57. The average molecular weight is 425 g/mol. The predicted molar refractivity (Wildman–Crippen MR) is 120 cm³/mol. The molecule has 1 fully saturated rings. The minimum atomic E-state index is -0.502. The van der Waals surface area contributed by atoms with Gasteiger partial charge in [-0.05, 0) is 64.2 Å². The van der Waals surface area contributed by atoms with E-state index in [4.69, 9.17) is 0 Å². The maximum absolute atomic E-state index is 14.6. The Balaban J connectivity index is 1.56. The van der Waals surface area contributed by atoms with Crippen LogP contribution in [0.2, 0.25) is 0 Å². The number of nitrogens with zero attached hydrogens (tertiary/aromatic N) is 3. The molecule has 0 radical (unpaired) electrons. The summed E-state index contributed by atoms with van der Waals surface area (Å²) in [7, 11) is 0. The first-order valence-electron chi connectivity index (χ1n) is 10.4. The molecule has 4 N–H and O–H groups in total. The van der Waals surface area contributed by atoms with E-state index < -0.39 is 5.82 Å². The number of aromatic hydroxyl groups is 1. The van der Waals surface area contributed by atoms with Gasteiger partial charge in [-0.1, -0.05) is 6.58 Å². The van der Waals surface area contributed by atoms with Crippen molar-refractivity contribution in [1.29, 1.82) is 0 Å². The smallest absolute Gasteiger partial charge is 0.149 e. The number of rotatable bonds is 4. The average Bonchev–Trinajstić information content (AvgIpc) is 3.21. The van der Waals surface area contributed by atoms with Gasteiger partial charge in [0, 0.05) is 35.1 Å². The molecule has 7 nitrogen and oxygen atoms in total. The highest BCUT2D eigenvalue weighted by Gasteiger charge is 2.39. The molecule has 0 atom stereocenters. The zero-order valence-corrected chi connectivity index (χ0v) is 18.3. The molecule has 3 heterocycles. The number of amidine groups is 1. The van der Waals surface area contributed by atoms with Gasteiger partial charge in [0.1, 0.15) is 23.1 Å². The third kappa shape index (κ3) is 4.34. The van der Waals surface area contributed by atoms with Crippen LogP contribution in [-0.2, 0) is 0 Å². The quantitative estimate of drug-likeness (QED) is 0.602. The zero-order valence-electron chi connectivity index (χ0n) is 18.3. The number of aromatic nitrogens is 2. The van der Waals surface area contributed by atoms with Crippen molar-refractivity contribution in [3.63, 3.8) is 0 Å². The highest BCUT2D eigenvalue weighted by Crippen LogP contribution is 2.37. The monoisotopic (exact) mass is 424 g/mol. The molecule has 1 aromatic carbocycles. The number of hydrazine groups is 1. The second kappa shape index (κ2) is 7.53. The Kier molecular flexibility index (Phi) is 5.13. The van der Waals surface area contributed by atoms with Crippen LogP contribution in [0.3, 0.4) is 0 Å². The minimum Gasteiger partial charge on any atom is -0.507 e. The number of aliphatic imine (C=N–C) groups is 1. The molecule has 0 bridgehead atoms. The molecule has 0 unspecified atom stereocenters. The van der Waals surface area contributed by atoms with E-state index in [2.05, 4.69) is 60.5 Å². The first-order valence-corrected chi connectivity index (χ1v) is 10.4. The van der Waals surface area contributed by atoms with E-state index in [1.54, 1.807) is 24.7 Å². The zero-order chi connectivity index (χ0) is 22.4. The van der Waals surface area contributed by atoms with E-state index in [1.165, 1.54) is 16.8 Å². The van der Waals surface area contributed by atoms with E-state index in [0.717, 1.165) is 18.4 Å². The summed E-state index contributed by atoms with van der Waals surface area (Å²) >= 11 is 0. The highest BCUT2D eigenvalue weighted by atomic mass is 19.1. The lowest BCUT2D eigenvalue weighted by molar-refractivity contribution is 0.147. The second-order valence-corrected chi connectivity index (χ2v) is 9.57. The standard InChI is InChI=1S/C23H29FN6O/c1-14(15-11-22(2,3)29-23(4,5)12-15)21-25-13-18(27-28-21)16-9-17(24)19(10-20(16)31)30-8-6-7-26-30/h6-10,13,15,27,29,31H,1,11-12H2,2-5H3,(H,25,28). The van der Waals surface area contributed by atoms with Crippen LogP contribution in [0.15, 0.2) is 53.9 Å². The molecule has 2 aromatic rings. The molecule has 0 amide bonds. The number of phenolic OH excluding ortho intramolecular Hbond substituents is 1. The lowest BCUT2D eigenvalue weighted by atomic mass is 9.73. The van der Waals surface area contributed by atoms with E-state index in [-0.39, 0.29) is 28.4 Å². The molecule has 4 rings (SSSR count). The summed E-state index contributed by atoms with van der Waals surface area (Å²) in [6, 6.07) is 4.30. The van der Waals surface area contributed by atoms with Crippen molar-refractivity contribution in [2.75, 3.05) is 0 Å². The molecule has 8 heteroatoms. The summed E-state index contributed by atoms with van der Waals surface area (Å²) in [6.07, 6.45) is 6.65. The van der Waals surface area contributed by atoms with Gasteiger partial charge in [-0.3, -0.25) is 10.9 Å². The van der Waals surface area contributed by atoms with Gasteiger partial charge in [0.05, 0.1) is 11.9 Å². The summed E-state index contributed by atoms with van der Waals surface area (Å²) in [5, 5.41) is 18.2. The third-order valence-electron chi connectivity index (χ3n) is 5.73. The molecule has 0 spiro atoms. The van der Waals surface area contributed by atoms with E-state index in [9.17, 15) is 9.50 Å². The van der Waals surface area contributed by atoms with E-state index in [1.807, 2.05) is 0 Å². The molecular formula is C23H29FN6O. The Morgan fingerprint density at radius 2 is 1.90 bits per heavy atom. The Labute approximate surface area is 181 Å². The first kappa shape index (κ1) is 21.1. The van der Waals surface area contributed by atoms with Crippen molar-refractivity contribution in [2.45, 2.75) is 51.6 Å². The molecular weight excluding hydrogens is 395 g/mol. The van der Waals surface area contributed by atoms with Crippen LogP contribution in [0.5, 0.6) is 5.75 Å². The Hall–Kier alpha value is -3.13. The summed E-state index contributed by atoms with van der Waals surface area (Å²) < 4.78 is 16.0. The molecule has 1 saturated heterocycles.